The second-order valence-electron chi connectivity index (χ2n) is 5.61. The number of ketones is 1. The summed E-state index contributed by atoms with van der Waals surface area (Å²) < 4.78 is 33.4. The lowest BCUT2D eigenvalue weighted by atomic mass is 10.2. The van der Waals surface area contributed by atoms with Crippen LogP contribution < -0.4 is 4.72 Å². The van der Waals surface area contributed by atoms with Crippen LogP contribution in [0.1, 0.15) is 36.0 Å². The Hall–Kier alpha value is -2.44. The van der Waals surface area contributed by atoms with Crippen LogP contribution >= 0.6 is 0 Å². The van der Waals surface area contributed by atoms with E-state index in [9.17, 15) is 13.2 Å². The minimum Gasteiger partial charge on any atom is -0.459 e. The van der Waals surface area contributed by atoms with E-state index in [0.717, 1.165) is 5.39 Å². The van der Waals surface area contributed by atoms with Crippen molar-refractivity contribution in [3.63, 3.8) is 0 Å². The van der Waals surface area contributed by atoms with Gasteiger partial charge in [0.2, 0.25) is 10.0 Å². The molecule has 1 heterocycles. The number of hydrogen-bond acceptors (Lipinski definition) is 4. The minimum absolute atomic E-state index is 0.0539. The van der Waals surface area contributed by atoms with Crippen molar-refractivity contribution in [1.82, 2.24) is 4.72 Å². The maximum Gasteiger partial charge on any atom is 0.241 e. The molecule has 0 amide bonds. The van der Waals surface area contributed by atoms with Gasteiger partial charge in [-0.1, -0.05) is 30.3 Å². The molecule has 0 saturated carbocycles. The molecule has 24 heavy (non-hydrogen) atoms. The summed E-state index contributed by atoms with van der Waals surface area (Å²) in [7, 11) is -3.76. The fraction of sp³-hybridized carbons (Fsp3) is 0.167. The molecule has 2 aromatic carbocycles. The fourth-order valence-corrected chi connectivity index (χ4v) is 3.71. The molecule has 0 aliphatic heterocycles. The first-order chi connectivity index (χ1) is 11.4. The van der Waals surface area contributed by atoms with Crippen molar-refractivity contribution in [3.8, 4) is 0 Å². The topological polar surface area (TPSA) is 76.4 Å². The first-order valence-electron chi connectivity index (χ1n) is 7.48. The Morgan fingerprint density at radius 2 is 1.83 bits per heavy atom. The summed E-state index contributed by atoms with van der Waals surface area (Å²) in [5.74, 6) is 0.347. The van der Waals surface area contributed by atoms with E-state index in [-0.39, 0.29) is 10.7 Å². The molecule has 3 rings (SSSR count). The van der Waals surface area contributed by atoms with Gasteiger partial charge in [-0.2, -0.15) is 0 Å². The normalized spacial score (nSPS) is 13.1. The van der Waals surface area contributed by atoms with Gasteiger partial charge in [-0.25, -0.2) is 13.1 Å². The van der Waals surface area contributed by atoms with E-state index in [1.807, 2.05) is 30.3 Å². The molecule has 1 N–H and O–H groups in total. The number of sulfonamides is 1. The zero-order chi connectivity index (χ0) is 17.3. The number of nitrogens with one attached hydrogen (secondary N) is 1. The van der Waals surface area contributed by atoms with E-state index in [1.54, 1.807) is 19.1 Å². The fourth-order valence-electron chi connectivity index (χ4n) is 2.46. The number of carbonyl (C=O) groups is 1. The van der Waals surface area contributed by atoms with Crippen LogP contribution in [0.4, 0.5) is 0 Å². The van der Waals surface area contributed by atoms with Gasteiger partial charge >= 0.3 is 0 Å². The van der Waals surface area contributed by atoms with Gasteiger partial charge in [0.1, 0.15) is 11.3 Å². The maximum absolute atomic E-state index is 12.5. The van der Waals surface area contributed by atoms with E-state index in [1.165, 1.54) is 19.1 Å². The first-order valence-corrected chi connectivity index (χ1v) is 8.97. The quantitative estimate of drug-likeness (QED) is 0.717. The van der Waals surface area contributed by atoms with E-state index in [4.69, 9.17) is 4.42 Å². The number of Topliss-reactive ketones (excluding diaryl/α,β-unsaturated/α-hetero) is 1. The van der Waals surface area contributed by atoms with Gasteiger partial charge in [-0.05, 0) is 38.1 Å². The number of para-hydroxylation sites is 1. The number of furan rings is 1. The molecule has 3 aromatic rings. The van der Waals surface area contributed by atoms with Crippen molar-refractivity contribution >= 4 is 26.8 Å². The largest absolute Gasteiger partial charge is 0.459 e. The molecule has 0 saturated heterocycles. The molecule has 1 aromatic heterocycles. The van der Waals surface area contributed by atoms with Crippen molar-refractivity contribution in [1.29, 1.82) is 0 Å². The molecular formula is C18H17NO4S. The van der Waals surface area contributed by atoms with Gasteiger partial charge < -0.3 is 4.42 Å². The second kappa shape index (κ2) is 6.22. The SMILES string of the molecule is CC(=O)c1cccc(S(=O)(=O)NC(C)c2cc3ccccc3o2)c1. The number of benzene rings is 2. The molecule has 6 heteroatoms. The van der Waals surface area contributed by atoms with Gasteiger partial charge in [0, 0.05) is 10.9 Å². The predicted octanol–water partition coefficient (Wildman–Crippen LogP) is 3.67. The number of fused-ring (bicyclic) bond motifs is 1. The molecule has 1 unspecified atom stereocenters. The van der Waals surface area contributed by atoms with Crippen LogP contribution in [0.3, 0.4) is 0 Å². The van der Waals surface area contributed by atoms with Crippen LogP contribution in [0.2, 0.25) is 0 Å². The first kappa shape index (κ1) is 16.4. The maximum atomic E-state index is 12.5. The lowest BCUT2D eigenvalue weighted by Crippen LogP contribution is -2.26. The third-order valence-electron chi connectivity index (χ3n) is 3.75. The summed E-state index contributed by atoms with van der Waals surface area (Å²) in [5, 5.41) is 0.914. The number of rotatable bonds is 5. The molecule has 0 aliphatic carbocycles. The Morgan fingerprint density at radius 1 is 1.08 bits per heavy atom. The summed E-state index contributed by atoms with van der Waals surface area (Å²) in [6.07, 6.45) is 0. The molecule has 5 nitrogen and oxygen atoms in total. The van der Waals surface area contributed by atoms with Gasteiger partial charge in [0.05, 0.1) is 10.9 Å². The summed E-state index contributed by atoms with van der Waals surface area (Å²) in [4.78, 5) is 11.5. The highest BCUT2D eigenvalue weighted by molar-refractivity contribution is 7.89. The monoisotopic (exact) mass is 343 g/mol. The summed E-state index contributed by atoms with van der Waals surface area (Å²) >= 11 is 0. The predicted molar refractivity (Wildman–Crippen MR) is 91.4 cm³/mol. The Kier molecular flexibility index (Phi) is 4.26. The van der Waals surface area contributed by atoms with Crippen LogP contribution in [-0.4, -0.2) is 14.2 Å². The number of hydrogen-bond donors (Lipinski definition) is 1. The molecule has 0 radical (unpaired) electrons. The van der Waals surface area contributed by atoms with Gasteiger partial charge in [-0.15, -0.1) is 0 Å². The van der Waals surface area contributed by atoms with Gasteiger partial charge in [0.15, 0.2) is 5.78 Å². The average molecular weight is 343 g/mol. The van der Waals surface area contributed by atoms with Crippen LogP contribution in [0.25, 0.3) is 11.0 Å². The molecule has 0 spiro atoms. The van der Waals surface area contributed by atoms with Crippen LogP contribution in [0, 0.1) is 0 Å². The van der Waals surface area contributed by atoms with Crippen molar-refractivity contribution < 1.29 is 17.6 Å². The van der Waals surface area contributed by atoms with E-state index in [2.05, 4.69) is 4.72 Å². The Morgan fingerprint density at radius 3 is 2.54 bits per heavy atom. The smallest absolute Gasteiger partial charge is 0.241 e. The lowest BCUT2D eigenvalue weighted by Gasteiger charge is -2.12. The van der Waals surface area contributed by atoms with Crippen molar-refractivity contribution in [2.45, 2.75) is 24.8 Å². The summed E-state index contributed by atoms with van der Waals surface area (Å²) in [6.45, 7) is 3.11. The highest BCUT2D eigenvalue weighted by Crippen LogP contribution is 2.25. The van der Waals surface area contributed by atoms with E-state index >= 15 is 0 Å². The number of carbonyl (C=O) groups excluding carboxylic acids is 1. The molecule has 1 atom stereocenters. The molecule has 124 valence electrons. The minimum atomic E-state index is -3.76. The molecule has 0 bridgehead atoms. The van der Waals surface area contributed by atoms with E-state index < -0.39 is 16.1 Å². The van der Waals surface area contributed by atoms with Crippen molar-refractivity contribution in [3.05, 3.63) is 65.9 Å². The van der Waals surface area contributed by atoms with Crippen molar-refractivity contribution in [2.75, 3.05) is 0 Å². The lowest BCUT2D eigenvalue weighted by molar-refractivity contribution is 0.101. The van der Waals surface area contributed by atoms with Crippen LogP contribution in [-0.2, 0) is 10.0 Å². The second-order valence-corrected chi connectivity index (χ2v) is 7.33. The summed E-state index contributed by atoms with van der Waals surface area (Å²) in [5.41, 5.74) is 1.06. The highest BCUT2D eigenvalue weighted by Gasteiger charge is 2.21. The molecule has 0 aliphatic rings. The van der Waals surface area contributed by atoms with E-state index in [0.29, 0.717) is 16.9 Å². The van der Waals surface area contributed by atoms with Gasteiger partial charge in [0.25, 0.3) is 0 Å². The molecular weight excluding hydrogens is 326 g/mol. The Balaban J connectivity index is 1.88. The Bertz CT molecular complexity index is 972. The zero-order valence-electron chi connectivity index (χ0n) is 13.3. The average Bonchev–Trinajstić information content (AvgIpc) is 2.99. The molecule has 0 fully saturated rings. The third-order valence-corrected chi connectivity index (χ3v) is 5.29. The van der Waals surface area contributed by atoms with Gasteiger partial charge in [-0.3, -0.25) is 4.79 Å². The van der Waals surface area contributed by atoms with Crippen LogP contribution in [0.5, 0.6) is 0 Å². The zero-order valence-corrected chi connectivity index (χ0v) is 14.1. The third kappa shape index (κ3) is 3.25. The van der Waals surface area contributed by atoms with Crippen molar-refractivity contribution in [2.24, 2.45) is 0 Å². The standard InChI is InChI=1S/C18H17NO4S/c1-12(18-11-15-6-3-4-9-17(15)23-18)19-24(21,22)16-8-5-7-14(10-16)13(2)20/h3-12,19H,1-2H3. The van der Waals surface area contributed by atoms with Crippen LogP contribution in [0.15, 0.2) is 63.9 Å². The summed E-state index contributed by atoms with van der Waals surface area (Å²) in [6, 6.07) is 14.7. The highest BCUT2D eigenvalue weighted by atomic mass is 32.2. The Labute approximate surface area is 140 Å².